The molecule has 1 aromatic carbocycles. The van der Waals surface area contributed by atoms with Crippen LogP contribution in [-0.4, -0.2) is 11.6 Å². The first kappa shape index (κ1) is 25.5. The van der Waals surface area contributed by atoms with Crippen molar-refractivity contribution in [3.63, 3.8) is 0 Å². The molecule has 0 amide bonds. The maximum Gasteiger partial charge on any atom is 0.308 e. The topological polar surface area (TPSA) is 35.5 Å². The lowest BCUT2D eigenvalue weighted by Gasteiger charge is -2.32. The number of hydrogen-bond donors (Lipinski definition) is 0. The molecule has 0 bridgehead atoms. The molecule has 174 valence electrons. The van der Waals surface area contributed by atoms with Crippen molar-refractivity contribution in [2.75, 3.05) is 0 Å². The summed E-state index contributed by atoms with van der Waals surface area (Å²) >= 11 is 0. The number of benzene rings is 1. The summed E-state index contributed by atoms with van der Waals surface area (Å²) < 4.78 is 11.6. The van der Waals surface area contributed by atoms with Crippen LogP contribution in [0.3, 0.4) is 0 Å². The fraction of sp³-hybridized carbons (Fsp3) is 0.679. The number of hydrogen-bond acceptors (Lipinski definition) is 3. The van der Waals surface area contributed by atoms with Crippen LogP contribution in [0.4, 0.5) is 0 Å². The Morgan fingerprint density at radius 2 is 1.58 bits per heavy atom. The highest BCUT2D eigenvalue weighted by Gasteiger charge is 2.28. The van der Waals surface area contributed by atoms with Crippen molar-refractivity contribution >= 4 is 12.0 Å². The lowest BCUT2D eigenvalue weighted by atomic mass is 9.89. The van der Waals surface area contributed by atoms with E-state index in [1.54, 1.807) is 0 Å². The van der Waals surface area contributed by atoms with Gasteiger partial charge < -0.3 is 9.47 Å². The fourth-order valence-corrected chi connectivity index (χ4v) is 4.48. The summed E-state index contributed by atoms with van der Waals surface area (Å²) in [4.78, 5) is 11.3. The second-order valence-electron chi connectivity index (χ2n) is 10.4. The van der Waals surface area contributed by atoms with Gasteiger partial charge >= 0.3 is 5.97 Å². The summed E-state index contributed by atoms with van der Waals surface area (Å²) in [7, 11) is 0. The summed E-state index contributed by atoms with van der Waals surface area (Å²) in [5.41, 5.74) is 0.554. The van der Waals surface area contributed by atoms with E-state index in [-0.39, 0.29) is 11.6 Å². The van der Waals surface area contributed by atoms with E-state index in [1.807, 2.05) is 24.3 Å². The maximum atomic E-state index is 11.3. The number of fused-ring (bicyclic) bond motifs is 1. The van der Waals surface area contributed by atoms with Crippen molar-refractivity contribution in [1.82, 2.24) is 0 Å². The first-order chi connectivity index (χ1) is 14.7. The average Bonchev–Trinajstić information content (AvgIpc) is 2.67. The van der Waals surface area contributed by atoms with E-state index in [0.717, 1.165) is 41.9 Å². The molecule has 1 aliphatic heterocycles. The average molecular weight is 429 g/mol. The van der Waals surface area contributed by atoms with Gasteiger partial charge in [-0.15, -0.1) is 0 Å². The molecule has 1 aromatic rings. The van der Waals surface area contributed by atoms with Crippen molar-refractivity contribution in [2.45, 2.75) is 105 Å². The Kier molecular flexibility index (Phi) is 10.1. The van der Waals surface area contributed by atoms with Gasteiger partial charge in [0.1, 0.15) is 17.1 Å². The Hall–Kier alpha value is -1.77. The van der Waals surface area contributed by atoms with Gasteiger partial charge in [0.05, 0.1) is 5.56 Å². The SMILES string of the molecule is CC(=O)Oc1cccc2c1C=CC(C)(CCC[C@H](C)CCC[C@H](C)CCCC(C)C)O2. The summed E-state index contributed by atoms with van der Waals surface area (Å²) in [6.07, 6.45) is 15.7. The van der Waals surface area contributed by atoms with Gasteiger partial charge in [0.15, 0.2) is 0 Å². The summed E-state index contributed by atoms with van der Waals surface area (Å²) in [6.45, 7) is 13.0. The zero-order valence-corrected chi connectivity index (χ0v) is 20.7. The molecule has 0 radical (unpaired) electrons. The van der Waals surface area contributed by atoms with Crippen molar-refractivity contribution < 1.29 is 14.3 Å². The molecule has 0 aliphatic carbocycles. The monoisotopic (exact) mass is 428 g/mol. The lowest BCUT2D eigenvalue weighted by Crippen LogP contribution is -2.32. The second kappa shape index (κ2) is 12.3. The van der Waals surface area contributed by atoms with Gasteiger partial charge in [-0.05, 0) is 61.8 Å². The predicted octanol–water partition coefficient (Wildman–Crippen LogP) is 8.22. The van der Waals surface area contributed by atoms with Crippen LogP contribution in [0.2, 0.25) is 0 Å². The minimum Gasteiger partial charge on any atom is -0.483 e. The summed E-state index contributed by atoms with van der Waals surface area (Å²) in [6, 6.07) is 5.64. The number of carbonyl (C=O) groups excluding carboxylic acids is 1. The van der Waals surface area contributed by atoms with Gasteiger partial charge in [0, 0.05) is 6.92 Å². The van der Waals surface area contributed by atoms with E-state index in [0.29, 0.717) is 5.75 Å². The highest BCUT2D eigenvalue weighted by molar-refractivity contribution is 5.74. The van der Waals surface area contributed by atoms with E-state index in [1.165, 1.54) is 51.9 Å². The molecule has 2 rings (SSSR count). The Bertz CT molecular complexity index is 721. The fourth-order valence-electron chi connectivity index (χ4n) is 4.48. The molecule has 0 spiro atoms. The zero-order chi connectivity index (χ0) is 22.9. The normalized spacial score (nSPS) is 19.6. The van der Waals surface area contributed by atoms with Crippen LogP contribution in [0.1, 0.15) is 105 Å². The Labute approximate surface area is 190 Å². The second-order valence-corrected chi connectivity index (χ2v) is 10.4. The van der Waals surface area contributed by atoms with Gasteiger partial charge in [-0.25, -0.2) is 0 Å². The molecular formula is C28H44O3. The molecule has 3 nitrogen and oxygen atoms in total. The van der Waals surface area contributed by atoms with Gasteiger partial charge in [-0.2, -0.15) is 0 Å². The molecular weight excluding hydrogens is 384 g/mol. The first-order valence-electron chi connectivity index (χ1n) is 12.4. The van der Waals surface area contributed by atoms with Gasteiger partial charge in [-0.3, -0.25) is 4.79 Å². The maximum absolute atomic E-state index is 11.3. The van der Waals surface area contributed by atoms with E-state index >= 15 is 0 Å². The summed E-state index contributed by atoms with van der Waals surface area (Å²) in [5, 5.41) is 0. The van der Waals surface area contributed by atoms with Crippen LogP contribution in [0, 0.1) is 17.8 Å². The zero-order valence-electron chi connectivity index (χ0n) is 20.7. The Balaban J connectivity index is 1.70. The van der Waals surface area contributed by atoms with Crippen LogP contribution in [0.15, 0.2) is 24.3 Å². The first-order valence-corrected chi connectivity index (χ1v) is 12.4. The van der Waals surface area contributed by atoms with Crippen LogP contribution in [-0.2, 0) is 4.79 Å². The van der Waals surface area contributed by atoms with E-state index in [4.69, 9.17) is 9.47 Å². The molecule has 0 aromatic heterocycles. The van der Waals surface area contributed by atoms with Crippen molar-refractivity contribution in [2.24, 2.45) is 17.8 Å². The molecule has 0 N–H and O–H groups in total. The highest BCUT2D eigenvalue weighted by atomic mass is 16.5. The van der Waals surface area contributed by atoms with E-state index < -0.39 is 0 Å². The summed E-state index contributed by atoms with van der Waals surface area (Å²) in [5.74, 6) is 3.51. The third-order valence-electron chi connectivity index (χ3n) is 6.47. The molecule has 31 heavy (non-hydrogen) atoms. The van der Waals surface area contributed by atoms with Crippen LogP contribution in [0.25, 0.3) is 6.08 Å². The predicted molar refractivity (Wildman–Crippen MR) is 131 cm³/mol. The van der Waals surface area contributed by atoms with Crippen LogP contribution < -0.4 is 9.47 Å². The van der Waals surface area contributed by atoms with Gasteiger partial charge in [0.2, 0.25) is 0 Å². The molecule has 1 heterocycles. The number of carbonyl (C=O) groups is 1. The smallest absolute Gasteiger partial charge is 0.308 e. The third-order valence-corrected chi connectivity index (χ3v) is 6.47. The molecule has 1 aliphatic rings. The minimum absolute atomic E-state index is 0.299. The molecule has 0 saturated heterocycles. The standard InChI is InChI=1S/C28H44O3/c1-21(2)11-7-12-22(3)13-8-14-23(4)15-10-19-28(6)20-18-25-26(30-24(5)29)16-9-17-27(25)31-28/h9,16-18,20-23H,7-8,10-15,19H2,1-6H3/t22-,23-,28?/m1/s1. The molecule has 3 heteroatoms. The lowest BCUT2D eigenvalue weighted by molar-refractivity contribution is -0.131. The quantitative estimate of drug-likeness (QED) is 0.234. The minimum atomic E-state index is -0.311. The molecule has 1 unspecified atom stereocenters. The van der Waals surface area contributed by atoms with Gasteiger partial charge in [-0.1, -0.05) is 78.7 Å². The van der Waals surface area contributed by atoms with Crippen molar-refractivity contribution in [1.29, 1.82) is 0 Å². The number of ether oxygens (including phenoxy) is 2. The number of esters is 1. The molecule has 0 saturated carbocycles. The third kappa shape index (κ3) is 9.09. The van der Waals surface area contributed by atoms with Crippen LogP contribution >= 0.6 is 0 Å². The molecule has 0 fully saturated rings. The van der Waals surface area contributed by atoms with Crippen molar-refractivity contribution in [3.05, 3.63) is 29.8 Å². The highest BCUT2D eigenvalue weighted by Crippen LogP contribution is 2.38. The number of rotatable bonds is 13. The van der Waals surface area contributed by atoms with Crippen molar-refractivity contribution in [3.8, 4) is 11.5 Å². The van der Waals surface area contributed by atoms with E-state index in [2.05, 4.69) is 40.7 Å². The van der Waals surface area contributed by atoms with Crippen LogP contribution in [0.5, 0.6) is 11.5 Å². The van der Waals surface area contributed by atoms with Gasteiger partial charge in [0.25, 0.3) is 0 Å². The molecule has 3 atom stereocenters. The van der Waals surface area contributed by atoms with E-state index in [9.17, 15) is 4.79 Å². The Morgan fingerprint density at radius 3 is 2.19 bits per heavy atom. The Morgan fingerprint density at radius 1 is 0.968 bits per heavy atom. The largest absolute Gasteiger partial charge is 0.483 e.